The predicted molar refractivity (Wildman–Crippen MR) is 118 cm³/mol. The molecule has 1 fully saturated rings. The van der Waals surface area contributed by atoms with Gasteiger partial charge in [0.15, 0.2) is 5.82 Å². The monoisotopic (exact) mass is 418 g/mol. The molecule has 3 heterocycles. The summed E-state index contributed by atoms with van der Waals surface area (Å²) in [5, 5.41) is 23.9. The van der Waals surface area contributed by atoms with E-state index in [1.54, 1.807) is 29.1 Å². The number of rotatable bonds is 6. The van der Waals surface area contributed by atoms with Gasteiger partial charge in [0.05, 0.1) is 23.4 Å². The summed E-state index contributed by atoms with van der Waals surface area (Å²) in [7, 11) is 1.85. The predicted octanol–water partition coefficient (Wildman–Crippen LogP) is 3.13. The van der Waals surface area contributed by atoms with Crippen molar-refractivity contribution in [1.82, 2.24) is 14.8 Å². The second kappa shape index (κ2) is 9.16. The van der Waals surface area contributed by atoms with Crippen LogP contribution in [0.1, 0.15) is 36.5 Å². The van der Waals surface area contributed by atoms with Crippen LogP contribution >= 0.6 is 0 Å². The molecule has 3 N–H and O–H groups in total. The molecule has 0 radical (unpaired) electrons. The number of nitriles is 1. The average molecular weight is 419 g/mol. The smallest absolute Gasteiger partial charge is 0.219 e. The summed E-state index contributed by atoms with van der Waals surface area (Å²) in [4.78, 5) is 6.74. The third kappa shape index (κ3) is 4.53. The van der Waals surface area contributed by atoms with Crippen LogP contribution in [0.5, 0.6) is 11.6 Å². The number of nitrogens with two attached hydrogens (primary N) is 1. The number of piperidine rings is 1. The van der Waals surface area contributed by atoms with Crippen molar-refractivity contribution in [3.05, 3.63) is 53.7 Å². The molecular formula is C23H26N6O2. The van der Waals surface area contributed by atoms with Crippen molar-refractivity contribution in [1.29, 1.82) is 5.26 Å². The molecule has 1 saturated heterocycles. The first-order valence-corrected chi connectivity index (χ1v) is 10.4. The first kappa shape index (κ1) is 20.8. The first-order chi connectivity index (χ1) is 15.1. The third-order valence-electron chi connectivity index (χ3n) is 5.50. The van der Waals surface area contributed by atoms with E-state index in [0.717, 1.165) is 24.5 Å². The van der Waals surface area contributed by atoms with Gasteiger partial charge in [-0.3, -0.25) is 4.98 Å². The Labute approximate surface area is 181 Å². The Morgan fingerprint density at radius 2 is 2.00 bits per heavy atom. The number of aromatic nitrogens is 3. The fraction of sp³-hybridized carbons (Fsp3) is 0.348. The number of aryl methyl sites for hydroxylation is 1. The van der Waals surface area contributed by atoms with Crippen molar-refractivity contribution in [3.63, 3.8) is 0 Å². The minimum absolute atomic E-state index is 0.131. The number of hydrogen-bond donors (Lipinski definition) is 2. The lowest BCUT2D eigenvalue weighted by Gasteiger charge is -2.26. The zero-order valence-corrected chi connectivity index (χ0v) is 17.5. The van der Waals surface area contributed by atoms with Gasteiger partial charge < -0.3 is 20.5 Å². The maximum Gasteiger partial charge on any atom is 0.219 e. The number of anilines is 1. The lowest BCUT2D eigenvalue weighted by atomic mass is 10.1. The molecule has 0 spiro atoms. The zero-order valence-electron chi connectivity index (χ0n) is 17.5. The minimum atomic E-state index is -0.749. The number of aliphatic hydroxyl groups is 1. The van der Waals surface area contributed by atoms with E-state index in [4.69, 9.17) is 10.5 Å². The van der Waals surface area contributed by atoms with Crippen LogP contribution in [0.4, 0.5) is 5.82 Å². The van der Waals surface area contributed by atoms with Gasteiger partial charge in [-0.2, -0.15) is 10.4 Å². The van der Waals surface area contributed by atoms with Crippen molar-refractivity contribution in [2.45, 2.75) is 25.4 Å². The number of nitrogens with zero attached hydrogens (tertiary/aromatic N) is 5. The molecule has 2 aromatic heterocycles. The second-order valence-corrected chi connectivity index (χ2v) is 7.67. The van der Waals surface area contributed by atoms with Crippen LogP contribution in [-0.4, -0.2) is 39.5 Å². The van der Waals surface area contributed by atoms with Gasteiger partial charge in [0.2, 0.25) is 5.88 Å². The van der Waals surface area contributed by atoms with E-state index in [1.807, 2.05) is 25.2 Å². The fourth-order valence-electron chi connectivity index (χ4n) is 3.71. The molecule has 160 valence electrons. The summed E-state index contributed by atoms with van der Waals surface area (Å²) in [5.74, 6) is 2.01. The van der Waals surface area contributed by atoms with Gasteiger partial charge in [-0.05, 0) is 43.5 Å². The Balaban J connectivity index is 1.65. The first-order valence-electron chi connectivity index (χ1n) is 10.4. The molecule has 8 heteroatoms. The molecule has 0 aliphatic carbocycles. The van der Waals surface area contributed by atoms with Crippen LogP contribution in [-0.2, 0) is 7.05 Å². The summed E-state index contributed by atoms with van der Waals surface area (Å²) >= 11 is 0. The average Bonchev–Trinajstić information content (AvgIpc) is 3.19. The van der Waals surface area contributed by atoms with Crippen LogP contribution in [0, 0.1) is 11.3 Å². The third-order valence-corrected chi connectivity index (χ3v) is 5.50. The quantitative estimate of drug-likeness (QED) is 0.632. The number of ether oxygens (including phenoxy) is 1. The highest BCUT2D eigenvalue weighted by atomic mass is 16.5. The Morgan fingerprint density at radius 3 is 2.68 bits per heavy atom. The SMILES string of the molecule is Cn1nc(N2CCCCC2)cc1Oc1cc(C#N)ccc1-c1ccc([C@H](O)CN)cn1. The highest BCUT2D eigenvalue weighted by Gasteiger charge is 2.18. The standard InChI is InChI=1S/C23H26N6O2/c1-28-23(12-22(27-28)29-9-3-2-4-10-29)31-21-11-16(13-24)5-7-18(21)19-8-6-17(15-26-19)20(30)14-25/h5-8,11-12,15,20,30H,2-4,9-10,14,25H2,1H3/t20-/m1/s1. The highest BCUT2D eigenvalue weighted by molar-refractivity contribution is 5.69. The number of aliphatic hydroxyl groups excluding tert-OH is 1. The van der Waals surface area contributed by atoms with Crippen molar-refractivity contribution in [2.75, 3.05) is 24.5 Å². The summed E-state index contributed by atoms with van der Waals surface area (Å²) in [6.45, 7) is 2.12. The molecule has 0 bridgehead atoms. The van der Waals surface area contributed by atoms with E-state index in [2.05, 4.69) is 21.1 Å². The highest BCUT2D eigenvalue weighted by Crippen LogP contribution is 2.35. The zero-order chi connectivity index (χ0) is 21.8. The van der Waals surface area contributed by atoms with Crippen LogP contribution in [0.2, 0.25) is 0 Å². The molecule has 1 aromatic carbocycles. The van der Waals surface area contributed by atoms with Gasteiger partial charge in [-0.1, -0.05) is 6.07 Å². The second-order valence-electron chi connectivity index (χ2n) is 7.67. The lowest BCUT2D eigenvalue weighted by Crippen LogP contribution is -2.29. The molecule has 3 aromatic rings. The summed E-state index contributed by atoms with van der Waals surface area (Å²) < 4.78 is 7.93. The van der Waals surface area contributed by atoms with Crippen molar-refractivity contribution in [2.24, 2.45) is 12.8 Å². The fourth-order valence-corrected chi connectivity index (χ4v) is 3.71. The maximum absolute atomic E-state index is 9.91. The number of benzene rings is 1. The molecule has 4 rings (SSSR count). The van der Waals surface area contributed by atoms with Crippen molar-refractivity contribution >= 4 is 5.82 Å². The lowest BCUT2D eigenvalue weighted by molar-refractivity contribution is 0.186. The molecule has 8 nitrogen and oxygen atoms in total. The van der Waals surface area contributed by atoms with Gasteiger partial charge in [-0.25, -0.2) is 4.68 Å². The Kier molecular flexibility index (Phi) is 6.16. The minimum Gasteiger partial charge on any atom is -0.438 e. The Morgan fingerprint density at radius 1 is 1.19 bits per heavy atom. The van der Waals surface area contributed by atoms with Crippen molar-refractivity contribution in [3.8, 4) is 29.0 Å². The number of pyridine rings is 1. The van der Waals surface area contributed by atoms with Crippen LogP contribution < -0.4 is 15.4 Å². The van der Waals surface area contributed by atoms with Gasteiger partial charge in [0.1, 0.15) is 5.75 Å². The van der Waals surface area contributed by atoms with E-state index < -0.39 is 6.10 Å². The maximum atomic E-state index is 9.91. The van der Waals surface area contributed by atoms with Gasteiger partial charge >= 0.3 is 0 Å². The molecule has 0 saturated carbocycles. The molecule has 1 aliphatic heterocycles. The molecule has 0 unspecified atom stereocenters. The Hall–Kier alpha value is -3.41. The normalized spacial score (nSPS) is 14.8. The van der Waals surface area contributed by atoms with Crippen LogP contribution in [0.25, 0.3) is 11.3 Å². The van der Waals surface area contributed by atoms with Gasteiger partial charge in [0.25, 0.3) is 0 Å². The number of hydrogen-bond acceptors (Lipinski definition) is 7. The van der Waals surface area contributed by atoms with Crippen LogP contribution in [0.3, 0.4) is 0 Å². The van der Waals surface area contributed by atoms with Crippen molar-refractivity contribution < 1.29 is 9.84 Å². The molecule has 1 aliphatic rings. The van der Waals surface area contributed by atoms with E-state index in [1.165, 1.54) is 19.3 Å². The summed E-state index contributed by atoms with van der Waals surface area (Å²) in [6.07, 6.45) is 4.45. The van der Waals surface area contributed by atoms with E-state index in [-0.39, 0.29) is 6.54 Å². The van der Waals surface area contributed by atoms with Gasteiger partial charge in [-0.15, -0.1) is 0 Å². The van der Waals surface area contributed by atoms with E-state index in [0.29, 0.717) is 28.5 Å². The Bertz CT molecular complexity index is 1080. The molecule has 31 heavy (non-hydrogen) atoms. The summed E-state index contributed by atoms with van der Waals surface area (Å²) in [5.41, 5.74) is 8.09. The molecule has 1 atom stereocenters. The van der Waals surface area contributed by atoms with Gasteiger partial charge in [0, 0.05) is 50.1 Å². The van der Waals surface area contributed by atoms with E-state index in [9.17, 15) is 10.4 Å². The molecule has 0 amide bonds. The topological polar surface area (TPSA) is 113 Å². The van der Waals surface area contributed by atoms with E-state index >= 15 is 0 Å². The largest absolute Gasteiger partial charge is 0.438 e. The summed E-state index contributed by atoms with van der Waals surface area (Å²) in [6, 6.07) is 12.9. The van der Waals surface area contributed by atoms with Crippen LogP contribution in [0.15, 0.2) is 42.6 Å². The molecular weight excluding hydrogens is 392 g/mol.